The number of epoxide rings is 1. The van der Waals surface area contributed by atoms with E-state index in [1.54, 1.807) is 0 Å². The number of ether oxygens (including phenoxy) is 2. The van der Waals surface area contributed by atoms with Crippen LogP contribution in [0, 0.1) is 0 Å². The van der Waals surface area contributed by atoms with Gasteiger partial charge in [-0.1, -0.05) is 69.4 Å². The van der Waals surface area contributed by atoms with E-state index in [2.05, 4.69) is 31.2 Å². The van der Waals surface area contributed by atoms with Crippen LogP contribution in [0.2, 0.25) is 0 Å². The number of rotatable bonds is 10. The summed E-state index contributed by atoms with van der Waals surface area (Å²) in [6.45, 7) is 3.95. The number of hydrogen-bond acceptors (Lipinski definition) is 2. The van der Waals surface area contributed by atoms with Gasteiger partial charge in [0.1, 0.15) is 12.2 Å². The van der Waals surface area contributed by atoms with Crippen LogP contribution in [0.5, 0.6) is 0 Å². The maximum atomic E-state index is 6.03. The monoisotopic (exact) mass is 262 g/mol. The Balaban J connectivity index is 1.65. The van der Waals surface area contributed by atoms with Crippen LogP contribution in [0.15, 0.2) is 30.3 Å². The van der Waals surface area contributed by atoms with Crippen molar-refractivity contribution in [3.05, 3.63) is 35.9 Å². The third-order valence-electron chi connectivity index (χ3n) is 3.62. The zero-order chi connectivity index (χ0) is 13.3. The maximum Gasteiger partial charge on any atom is 0.111 e. The summed E-state index contributed by atoms with van der Waals surface area (Å²) in [7, 11) is 0. The zero-order valence-electron chi connectivity index (χ0n) is 12.0. The molecule has 0 aromatic heterocycles. The van der Waals surface area contributed by atoms with Gasteiger partial charge in [-0.05, 0) is 12.0 Å². The summed E-state index contributed by atoms with van der Waals surface area (Å²) >= 11 is 0. The smallest absolute Gasteiger partial charge is 0.111 e. The Bertz CT molecular complexity index is 332. The van der Waals surface area contributed by atoms with Gasteiger partial charge in [-0.2, -0.15) is 0 Å². The molecule has 0 aliphatic carbocycles. The lowest BCUT2D eigenvalue weighted by molar-refractivity contribution is 0.0299. The maximum absolute atomic E-state index is 6.03. The van der Waals surface area contributed by atoms with Gasteiger partial charge >= 0.3 is 0 Å². The number of benzene rings is 1. The van der Waals surface area contributed by atoms with Crippen LogP contribution in [0.1, 0.15) is 57.1 Å². The fourth-order valence-electron chi connectivity index (χ4n) is 2.38. The first-order valence-electron chi connectivity index (χ1n) is 7.70. The van der Waals surface area contributed by atoms with E-state index in [9.17, 15) is 0 Å². The molecule has 1 fully saturated rings. The number of hydrogen-bond donors (Lipinski definition) is 0. The van der Waals surface area contributed by atoms with Crippen molar-refractivity contribution in [2.24, 2.45) is 0 Å². The Morgan fingerprint density at radius 1 is 1.11 bits per heavy atom. The Labute approximate surface area is 117 Å². The van der Waals surface area contributed by atoms with Gasteiger partial charge in [-0.25, -0.2) is 0 Å². The minimum Gasteiger partial charge on any atom is -0.371 e. The molecule has 2 heteroatoms. The van der Waals surface area contributed by atoms with Gasteiger partial charge < -0.3 is 9.47 Å². The van der Waals surface area contributed by atoms with Crippen LogP contribution in [0.25, 0.3) is 0 Å². The highest BCUT2D eigenvalue weighted by Gasteiger charge is 2.34. The van der Waals surface area contributed by atoms with Crippen LogP contribution >= 0.6 is 0 Å². The van der Waals surface area contributed by atoms with Gasteiger partial charge in [-0.3, -0.25) is 0 Å². The van der Waals surface area contributed by atoms with E-state index in [1.165, 1.54) is 44.1 Å². The Kier molecular flexibility index (Phi) is 6.38. The molecule has 1 aromatic rings. The fraction of sp³-hybridized carbons (Fsp3) is 0.647. The Morgan fingerprint density at radius 2 is 1.79 bits per heavy atom. The van der Waals surface area contributed by atoms with Gasteiger partial charge in [0.2, 0.25) is 0 Å². The molecule has 1 aliphatic rings. The van der Waals surface area contributed by atoms with E-state index in [4.69, 9.17) is 9.47 Å². The van der Waals surface area contributed by atoms with Gasteiger partial charge in [0.15, 0.2) is 0 Å². The van der Waals surface area contributed by atoms with E-state index >= 15 is 0 Å². The normalized spacial score (nSPS) is 19.3. The highest BCUT2D eigenvalue weighted by atomic mass is 16.6. The quantitative estimate of drug-likeness (QED) is 0.457. The molecule has 0 radical (unpaired) electrons. The van der Waals surface area contributed by atoms with E-state index < -0.39 is 0 Å². The molecule has 2 nitrogen and oxygen atoms in total. The minimum absolute atomic E-state index is 0.136. The van der Waals surface area contributed by atoms with Crippen molar-refractivity contribution in [1.29, 1.82) is 0 Å². The second-order valence-electron chi connectivity index (χ2n) is 5.34. The lowest BCUT2D eigenvalue weighted by Crippen LogP contribution is -2.11. The molecule has 0 amide bonds. The largest absolute Gasteiger partial charge is 0.371 e. The van der Waals surface area contributed by atoms with Crippen molar-refractivity contribution in [1.82, 2.24) is 0 Å². The van der Waals surface area contributed by atoms with Crippen molar-refractivity contribution < 1.29 is 9.47 Å². The van der Waals surface area contributed by atoms with Crippen LogP contribution in [-0.4, -0.2) is 19.3 Å². The van der Waals surface area contributed by atoms with Gasteiger partial charge in [0.25, 0.3) is 0 Å². The molecule has 1 heterocycles. The molecular weight excluding hydrogens is 236 g/mol. The molecule has 106 valence electrons. The van der Waals surface area contributed by atoms with Gasteiger partial charge in [-0.15, -0.1) is 0 Å². The van der Waals surface area contributed by atoms with Crippen LogP contribution in [0.4, 0.5) is 0 Å². The molecule has 2 atom stereocenters. The fourth-order valence-corrected chi connectivity index (χ4v) is 2.38. The van der Waals surface area contributed by atoms with E-state index in [0.29, 0.717) is 0 Å². The van der Waals surface area contributed by atoms with Crippen LogP contribution in [-0.2, 0) is 9.47 Å². The minimum atomic E-state index is 0.136. The molecule has 1 aliphatic heterocycles. The highest BCUT2D eigenvalue weighted by molar-refractivity contribution is 5.19. The molecule has 0 spiro atoms. The first-order valence-corrected chi connectivity index (χ1v) is 7.70. The van der Waals surface area contributed by atoms with E-state index in [-0.39, 0.29) is 12.2 Å². The summed E-state index contributed by atoms with van der Waals surface area (Å²) in [5.41, 5.74) is 1.25. The van der Waals surface area contributed by atoms with Gasteiger partial charge in [0.05, 0.1) is 6.61 Å². The number of unbranched alkanes of at least 4 members (excludes halogenated alkanes) is 5. The van der Waals surface area contributed by atoms with E-state index in [1.807, 2.05) is 6.07 Å². The average Bonchev–Trinajstić information content (AvgIpc) is 3.27. The zero-order valence-corrected chi connectivity index (χ0v) is 12.0. The van der Waals surface area contributed by atoms with Crippen molar-refractivity contribution in [3.8, 4) is 0 Å². The molecule has 2 rings (SSSR count). The molecule has 0 N–H and O–H groups in total. The summed E-state index contributed by atoms with van der Waals surface area (Å²) < 4.78 is 11.4. The molecule has 1 saturated heterocycles. The van der Waals surface area contributed by atoms with Crippen molar-refractivity contribution in [2.75, 3.05) is 13.2 Å². The van der Waals surface area contributed by atoms with Crippen LogP contribution < -0.4 is 0 Å². The third kappa shape index (κ3) is 5.33. The van der Waals surface area contributed by atoms with Crippen LogP contribution in [0.3, 0.4) is 0 Å². The first-order chi connectivity index (χ1) is 9.42. The molecule has 0 saturated carbocycles. The summed E-state index contributed by atoms with van der Waals surface area (Å²) in [5.74, 6) is 0. The molecule has 1 aromatic carbocycles. The summed E-state index contributed by atoms with van der Waals surface area (Å²) in [6, 6.07) is 10.4. The van der Waals surface area contributed by atoms with Crippen molar-refractivity contribution in [2.45, 2.75) is 57.7 Å². The second-order valence-corrected chi connectivity index (χ2v) is 5.34. The average molecular weight is 262 g/mol. The highest BCUT2D eigenvalue weighted by Crippen LogP contribution is 2.31. The first kappa shape index (κ1) is 14.5. The lowest BCUT2D eigenvalue weighted by Gasteiger charge is -2.16. The SMILES string of the molecule is CCCCCCCCOC(c1ccccc1)C1CO1. The third-order valence-corrected chi connectivity index (χ3v) is 3.62. The van der Waals surface area contributed by atoms with Crippen molar-refractivity contribution in [3.63, 3.8) is 0 Å². The Morgan fingerprint density at radius 3 is 2.47 bits per heavy atom. The Hall–Kier alpha value is -0.860. The molecule has 2 unspecified atom stereocenters. The second kappa shape index (κ2) is 8.34. The standard InChI is InChI=1S/C17H26O2/c1-2-3-4-5-6-10-13-18-17(16-14-19-16)15-11-8-7-9-12-15/h7-9,11-12,16-17H,2-6,10,13-14H2,1H3. The molecule has 19 heavy (non-hydrogen) atoms. The summed E-state index contributed by atoms with van der Waals surface area (Å²) in [6.07, 6.45) is 8.25. The van der Waals surface area contributed by atoms with E-state index in [0.717, 1.165) is 13.2 Å². The molecule has 0 bridgehead atoms. The summed E-state index contributed by atoms with van der Waals surface area (Å²) in [5, 5.41) is 0. The topological polar surface area (TPSA) is 21.8 Å². The summed E-state index contributed by atoms with van der Waals surface area (Å²) in [4.78, 5) is 0. The molecular formula is C17H26O2. The predicted octanol–water partition coefficient (Wildman–Crippen LogP) is 4.50. The predicted molar refractivity (Wildman–Crippen MR) is 78.3 cm³/mol. The lowest BCUT2D eigenvalue weighted by atomic mass is 10.1. The van der Waals surface area contributed by atoms with Crippen molar-refractivity contribution >= 4 is 0 Å². The van der Waals surface area contributed by atoms with Gasteiger partial charge in [0, 0.05) is 6.61 Å².